The first kappa shape index (κ1) is 15.5. The molecule has 2 aliphatic heterocycles. The SMILES string of the molecule is CC1=C(N2Cc3ccccc3C2=O)c2cc(C#N)ccc2OC1(C)C. The third-order valence-corrected chi connectivity index (χ3v) is 5.08. The summed E-state index contributed by atoms with van der Waals surface area (Å²) in [6, 6.07) is 15.2. The number of carbonyl (C=O) groups is 1. The molecule has 4 heteroatoms. The van der Waals surface area contributed by atoms with Crippen LogP contribution in [0, 0.1) is 11.3 Å². The van der Waals surface area contributed by atoms with Crippen molar-refractivity contribution in [1.82, 2.24) is 4.90 Å². The van der Waals surface area contributed by atoms with Crippen LogP contribution in [0.4, 0.5) is 0 Å². The Morgan fingerprint density at radius 1 is 1.16 bits per heavy atom. The van der Waals surface area contributed by atoms with Crippen molar-refractivity contribution in [2.45, 2.75) is 32.9 Å². The van der Waals surface area contributed by atoms with Gasteiger partial charge in [0.15, 0.2) is 0 Å². The summed E-state index contributed by atoms with van der Waals surface area (Å²) in [5.41, 5.74) is 4.43. The third kappa shape index (κ3) is 2.24. The van der Waals surface area contributed by atoms with E-state index in [0.29, 0.717) is 17.9 Å². The molecule has 0 radical (unpaired) electrons. The van der Waals surface area contributed by atoms with Gasteiger partial charge in [0.05, 0.1) is 23.9 Å². The minimum Gasteiger partial charge on any atom is -0.483 e. The van der Waals surface area contributed by atoms with Crippen LogP contribution in [0.3, 0.4) is 0 Å². The van der Waals surface area contributed by atoms with Crippen molar-refractivity contribution in [3.63, 3.8) is 0 Å². The first-order chi connectivity index (χ1) is 11.9. The maximum absolute atomic E-state index is 13.0. The van der Waals surface area contributed by atoms with Crippen molar-refractivity contribution in [3.05, 3.63) is 70.3 Å². The average Bonchev–Trinajstić information content (AvgIpc) is 2.92. The average molecular weight is 330 g/mol. The number of hydrogen-bond acceptors (Lipinski definition) is 3. The van der Waals surface area contributed by atoms with Gasteiger partial charge in [-0.25, -0.2) is 0 Å². The van der Waals surface area contributed by atoms with Crippen molar-refractivity contribution >= 4 is 11.6 Å². The molecular formula is C21H18N2O2. The van der Waals surface area contributed by atoms with Crippen LogP contribution in [0.2, 0.25) is 0 Å². The highest BCUT2D eigenvalue weighted by Gasteiger charge is 2.39. The number of benzene rings is 2. The number of rotatable bonds is 1. The summed E-state index contributed by atoms with van der Waals surface area (Å²) in [6.07, 6.45) is 0. The van der Waals surface area contributed by atoms with Crippen LogP contribution in [-0.2, 0) is 6.54 Å². The molecule has 2 aliphatic rings. The van der Waals surface area contributed by atoms with E-state index in [1.807, 2.05) is 56.0 Å². The van der Waals surface area contributed by atoms with Crippen molar-refractivity contribution < 1.29 is 9.53 Å². The molecule has 0 unspecified atom stereocenters. The lowest BCUT2D eigenvalue weighted by molar-refractivity contribution is 0.0843. The fourth-order valence-electron chi connectivity index (χ4n) is 3.49. The molecule has 25 heavy (non-hydrogen) atoms. The topological polar surface area (TPSA) is 53.3 Å². The summed E-state index contributed by atoms with van der Waals surface area (Å²) in [6.45, 7) is 6.52. The molecule has 0 N–H and O–H groups in total. The molecule has 4 nitrogen and oxygen atoms in total. The number of nitriles is 1. The van der Waals surface area contributed by atoms with Crippen LogP contribution in [0.15, 0.2) is 48.0 Å². The fourth-order valence-corrected chi connectivity index (χ4v) is 3.49. The number of hydrogen-bond donors (Lipinski definition) is 0. The van der Waals surface area contributed by atoms with E-state index >= 15 is 0 Å². The van der Waals surface area contributed by atoms with Gasteiger partial charge in [0.1, 0.15) is 11.4 Å². The predicted octanol–water partition coefficient (Wildman–Crippen LogP) is 4.12. The van der Waals surface area contributed by atoms with Crippen molar-refractivity contribution in [2.75, 3.05) is 0 Å². The minimum atomic E-state index is -0.522. The molecule has 0 bridgehead atoms. The Kier molecular flexibility index (Phi) is 3.23. The van der Waals surface area contributed by atoms with E-state index in [1.54, 1.807) is 12.1 Å². The van der Waals surface area contributed by atoms with Gasteiger partial charge in [0.25, 0.3) is 5.91 Å². The van der Waals surface area contributed by atoms with E-state index in [2.05, 4.69) is 6.07 Å². The summed E-state index contributed by atoms with van der Waals surface area (Å²) < 4.78 is 6.13. The smallest absolute Gasteiger partial charge is 0.258 e. The second-order valence-corrected chi connectivity index (χ2v) is 6.96. The maximum atomic E-state index is 13.0. The summed E-state index contributed by atoms with van der Waals surface area (Å²) in [5, 5.41) is 9.27. The molecule has 1 amide bonds. The Bertz CT molecular complexity index is 980. The van der Waals surface area contributed by atoms with E-state index in [4.69, 9.17) is 4.74 Å². The first-order valence-corrected chi connectivity index (χ1v) is 8.27. The highest BCUT2D eigenvalue weighted by atomic mass is 16.5. The van der Waals surface area contributed by atoms with Crippen molar-refractivity contribution in [3.8, 4) is 11.8 Å². The number of carbonyl (C=O) groups excluding carboxylic acids is 1. The zero-order valence-electron chi connectivity index (χ0n) is 14.5. The van der Waals surface area contributed by atoms with Crippen LogP contribution in [0.5, 0.6) is 5.75 Å². The second-order valence-electron chi connectivity index (χ2n) is 6.96. The van der Waals surface area contributed by atoms with Crippen LogP contribution < -0.4 is 4.74 Å². The lowest BCUT2D eigenvalue weighted by atomic mass is 9.89. The van der Waals surface area contributed by atoms with Crippen molar-refractivity contribution in [2.24, 2.45) is 0 Å². The van der Waals surface area contributed by atoms with Gasteiger partial charge in [-0.3, -0.25) is 4.79 Å². The maximum Gasteiger partial charge on any atom is 0.258 e. The normalized spacial score (nSPS) is 17.7. The van der Waals surface area contributed by atoms with Gasteiger partial charge in [-0.05, 0) is 56.2 Å². The molecule has 2 aromatic rings. The molecule has 0 saturated carbocycles. The summed E-state index contributed by atoms with van der Waals surface area (Å²) in [7, 11) is 0. The number of fused-ring (bicyclic) bond motifs is 2. The Labute approximate surface area is 146 Å². The Hall–Kier alpha value is -3.06. The van der Waals surface area contributed by atoms with E-state index in [9.17, 15) is 10.1 Å². The lowest BCUT2D eigenvalue weighted by Gasteiger charge is -2.38. The Balaban J connectivity index is 1.91. The summed E-state index contributed by atoms with van der Waals surface area (Å²) in [4.78, 5) is 14.8. The third-order valence-electron chi connectivity index (χ3n) is 5.08. The second kappa shape index (κ2) is 5.22. The molecule has 4 rings (SSSR count). The van der Waals surface area contributed by atoms with Crippen LogP contribution in [0.25, 0.3) is 5.70 Å². The van der Waals surface area contributed by atoms with Crippen LogP contribution in [-0.4, -0.2) is 16.4 Å². The Morgan fingerprint density at radius 2 is 1.92 bits per heavy atom. The summed E-state index contributed by atoms with van der Waals surface area (Å²) >= 11 is 0. The minimum absolute atomic E-state index is 0.00374. The monoisotopic (exact) mass is 330 g/mol. The van der Waals surface area contributed by atoms with Gasteiger partial charge in [-0.15, -0.1) is 0 Å². The molecule has 0 fully saturated rings. The molecule has 0 saturated heterocycles. The Morgan fingerprint density at radius 3 is 2.64 bits per heavy atom. The largest absolute Gasteiger partial charge is 0.483 e. The molecule has 0 spiro atoms. The molecular weight excluding hydrogens is 312 g/mol. The zero-order valence-corrected chi connectivity index (χ0v) is 14.5. The quantitative estimate of drug-likeness (QED) is 0.790. The fraction of sp³-hybridized carbons (Fsp3) is 0.238. The lowest BCUT2D eigenvalue weighted by Crippen LogP contribution is -2.37. The van der Waals surface area contributed by atoms with E-state index in [1.165, 1.54) is 0 Å². The highest BCUT2D eigenvalue weighted by Crippen LogP contribution is 2.44. The zero-order chi connectivity index (χ0) is 17.8. The summed E-state index contributed by atoms with van der Waals surface area (Å²) in [5.74, 6) is 0.698. The molecule has 2 heterocycles. The van der Waals surface area contributed by atoms with Gasteiger partial charge in [-0.2, -0.15) is 5.26 Å². The van der Waals surface area contributed by atoms with Gasteiger partial charge in [0.2, 0.25) is 0 Å². The molecule has 0 atom stereocenters. The van der Waals surface area contributed by atoms with Crippen LogP contribution >= 0.6 is 0 Å². The van der Waals surface area contributed by atoms with Crippen molar-refractivity contribution in [1.29, 1.82) is 5.26 Å². The van der Waals surface area contributed by atoms with Gasteiger partial charge < -0.3 is 9.64 Å². The predicted molar refractivity (Wildman–Crippen MR) is 94.8 cm³/mol. The molecule has 0 aliphatic carbocycles. The van der Waals surface area contributed by atoms with E-state index in [0.717, 1.165) is 28.0 Å². The first-order valence-electron chi connectivity index (χ1n) is 8.27. The molecule has 124 valence electrons. The number of ether oxygens (including phenoxy) is 1. The van der Waals surface area contributed by atoms with Crippen LogP contribution in [0.1, 0.15) is 47.8 Å². The molecule has 2 aromatic carbocycles. The van der Waals surface area contributed by atoms with Gasteiger partial charge in [0, 0.05) is 11.1 Å². The number of amides is 1. The van der Waals surface area contributed by atoms with Gasteiger partial charge in [-0.1, -0.05) is 18.2 Å². The van der Waals surface area contributed by atoms with E-state index < -0.39 is 5.60 Å². The molecule has 0 aromatic heterocycles. The standard InChI is InChI=1S/C21H18N2O2/c1-13-19(23-12-15-6-4-5-7-16(15)20(23)24)17-10-14(11-22)8-9-18(17)25-21(13,2)3/h4-10H,12H2,1-3H3. The highest BCUT2D eigenvalue weighted by molar-refractivity contribution is 6.04. The van der Waals surface area contributed by atoms with Gasteiger partial charge >= 0.3 is 0 Å². The van der Waals surface area contributed by atoms with E-state index in [-0.39, 0.29) is 5.91 Å². The number of nitrogens with zero attached hydrogens (tertiary/aromatic N) is 2.